The minimum Gasteiger partial charge on any atom is -0.383 e. The molecule has 1 heterocycles. The summed E-state index contributed by atoms with van der Waals surface area (Å²) in [6.07, 6.45) is 1.97. The predicted octanol–water partition coefficient (Wildman–Crippen LogP) is 2.44. The van der Waals surface area contributed by atoms with Crippen LogP contribution in [0.2, 0.25) is 0 Å². The third-order valence-corrected chi connectivity index (χ3v) is 3.40. The number of hydrogen-bond acceptors (Lipinski definition) is 4. The van der Waals surface area contributed by atoms with Crippen LogP contribution in [0.3, 0.4) is 0 Å². The maximum absolute atomic E-state index is 5.23. The molecule has 0 radical (unpaired) electrons. The van der Waals surface area contributed by atoms with Gasteiger partial charge in [0.15, 0.2) is 0 Å². The first-order valence-electron chi connectivity index (χ1n) is 7.47. The highest BCUT2D eigenvalue weighted by Gasteiger charge is 2.12. The van der Waals surface area contributed by atoms with E-state index in [9.17, 15) is 0 Å². The molecule has 1 unspecified atom stereocenters. The molecule has 4 heteroatoms. The van der Waals surface area contributed by atoms with Crippen molar-refractivity contribution in [1.29, 1.82) is 0 Å². The summed E-state index contributed by atoms with van der Waals surface area (Å²) in [5.74, 6) is 0. The molecule has 1 aromatic rings. The van der Waals surface area contributed by atoms with E-state index in [2.05, 4.69) is 55.0 Å². The third kappa shape index (κ3) is 5.99. The van der Waals surface area contributed by atoms with Crippen molar-refractivity contribution in [3.05, 3.63) is 29.6 Å². The summed E-state index contributed by atoms with van der Waals surface area (Å²) >= 11 is 0. The van der Waals surface area contributed by atoms with Crippen molar-refractivity contribution in [2.45, 2.75) is 52.9 Å². The van der Waals surface area contributed by atoms with Gasteiger partial charge in [-0.3, -0.25) is 9.88 Å². The predicted molar refractivity (Wildman–Crippen MR) is 83.6 cm³/mol. The van der Waals surface area contributed by atoms with Crippen molar-refractivity contribution in [2.75, 3.05) is 20.3 Å². The fraction of sp³-hybridized carbons (Fsp3) is 0.688. The van der Waals surface area contributed by atoms with E-state index in [1.807, 2.05) is 6.20 Å². The molecule has 0 aromatic carbocycles. The smallest absolute Gasteiger partial charge is 0.0615 e. The van der Waals surface area contributed by atoms with Crippen LogP contribution in [0.4, 0.5) is 0 Å². The first-order valence-corrected chi connectivity index (χ1v) is 7.47. The molecule has 1 aromatic heterocycles. The number of pyridine rings is 1. The number of hydrogen-bond donors (Lipinski definition) is 1. The number of ether oxygens (including phenoxy) is 1. The van der Waals surface area contributed by atoms with Gasteiger partial charge in [-0.25, -0.2) is 0 Å². The van der Waals surface area contributed by atoms with Crippen LogP contribution < -0.4 is 5.32 Å². The second-order valence-electron chi connectivity index (χ2n) is 5.56. The van der Waals surface area contributed by atoms with Crippen LogP contribution in [0.1, 0.15) is 39.0 Å². The van der Waals surface area contributed by atoms with E-state index in [1.165, 1.54) is 5.56 Å². The zero-order valence-corrected chi connectivity index (χ0v) is 13.5. The van der Waals surface area contributed by atoms with Crippen LogP contribution in [-0.2, 0) is 17.8 Å². The summed E-state index contributed by atoms with van der Waals surface area (Å²) < 4.78 is 5.23. The van der Waals surface area contributed by atoms with Crippen molar-refractivity contribution < 1.29 is 4.74 Å². The summed E-state index contributed by atoms with van der Waals surface area (Å²) in [6, 6.07) is 5.20. The number of nitrogens with one attached hydrogen (secondary N) is 1. The fourth-order valence-electron chi connectivity index (χ4n) is 2.11. The quantitative estimate of drug-likeness (QED) is 0.753. The Hall–Kier alpha value is -0.970. The van der Waals surface area contributed by atoms with E-state index in [0.29, 0.717) is 12.1 Å². The van der Waals surface area contributed by atoms with Crippen LogP contribution in [0, 0.1) is 0 Å². The first-order chi connectivity index (χ1) is 9.56. The van der Waals surface area contributed by atoms with Crippen molar-refractivity contribution in [2.24, 2.45) is 0 Å². The molecule has 0 saturated carbocycles. The van der Waals surface area contributed by atoms with Gasteiger partial charge in [-0.15, -0.1) is 0 Å². The van der Waals surface area contributed by atoms with Crippen molar-refractivity contribution in [3.8, 4) is 0 Å². The van der Waals surface area contributed by atoms with Gasteiger partial charge in [-0.1, -0.05) is 26.8 Å². The molecule has 0 amide bonds. The molecule has 1 N–H and O–H groups in total. The summed E-state index contributed by atoms with van der Waals surface area (Å²) in [7, 11) is 1.75. The Morgan fingerprint density at radius 3 is 2.55 bits per heavy atom. The minimum atomic E-state index is 0.411. The van der Waals surface area contributed by atoms with Gasteiger partial charge in [0, 0.05) is 38.5 Å². The molecule has 0 aliphatic heterocycles. The SMILES string of the molecule is CCN(Cc1ccc(CNC(C)C)cn1)C(C)COC. The maximum atomic E-state index is 5.23. The number of likely N-dealkylation sites (N-methyl/N-ethyl adjacent to an activating group) is 1. The van der Waals surface area contributed by atoms with Crippen molar-refractivity contribution in [3.63, 3.8) is 0 Å². The summed E-state index contributed by atoms with van der Waals surface area (Å²) in [5.41, 5.74) is 2.35. The van der Waals surface area contributed by atoms with Gasteiger partial charge in [-0.2, -0.15) is 0 Å². The lowest BCUT2D eigenvalue weighted by atomic mass is 10.2. The summed E-state index contributed by atoms with van der Waals surface area (Å²) in [4.78, 5) is 6.94. The lowest BCUT2D eigenvalue weighted by molar-refractivity contribution is 0.0974. The largest absolute Gasteiger partial charge is 0.383 e. The molecule has 1 rings (SSSR count). The highest BCUT2D eigenvalue weighted by atomic mass is 16.5. The Bertz CT molecular complexity index is 364. The molecule has 0 bridgehead atoms. The average Bonchev–Trinajstić information content (AvgIpc) is 2.44. The normalized spacial score (nSPS) is 13.2. The molecule has 0 saturated heterocycles. The Morgan fingerprint density at radius 1 is 1.30 bits per heavy atom. The summed E-state index contributed by atoms with van der Waals surface area (Å²) in [5, 5.41) is 3.40. The van der Waals surface area contributed by atoms with E-state index in [1.54, 1.807) is 7.11 Å². The van der Waals surface area contributed by atoms with Gasteiger partial charge in [0.2, 0.25) is 0 Å². The topological polar surface area (TPSA) is 37.4 Å². The molecule has 0 aliphatic carbocycles. The monoisotopic (exact) mass is 279 g/mol. The molecule has 0 aliphatic rings. The van der Waals surface area contributed by atoms with Crippen LogP contribution in [0.25, 0.3) is 0 Å². The van der Waals surface area contributed by atoms with Gasteiger partial charge >= 0.3 is 0 Å². The van der Waals surface area contributed by atoms with Gasteiger partial charge in [0.05, 0.1) is 12.3 Å². The minimum absolute atomic E-state index is 0.411. The van der Waals surface area contributed by atoms with Crippen molar-refractivity contribution >= 4 is 0 Å². The molecule has 114 valence electrons. The molecule has 4 nitrogen and oxygen atoms in total. The zero-order valence-electron chi connectivity index (χ0n) is 13.5. The zero-order chi connectivity index (χ0) is 15.0. The number of nitrogens with zero attached hydrogens (tertiary/aromatic N) is 2. The molecular weight excluding hydrogens is 250 g/mol. The van der Waals surface area contributed by atoms with Crippen LogP contribution in [0.5, 0.6) is 0 Å². The van der Waals surface area contributed by atoms with E-state index >= 15 is 0 Å². The van der Waals surface area contributed by atoms with Crippen LogP contribution in [0.15, 0.2) is 18.3 Å². The Balaban J connectivity index is 2.54. The average molecular weight is 279 g/mol. The fourth-order valence-corrected chi connectivity index (χ4v) is 2.11. The maximum Gasteiger partial charge on any atom is 0.0615 e. The molecule has 0 fully saturated rings. The van der Waals surface area contributed by atoms with E-state index in [-0.39, 0.29) is 0 Å². The highest BCUT2D eigenvalue weighted by molar-refractivity contribution is 5.14. The van der Waals surface area contributed by atoms with Gasteiger partial charge in [-0.05, 0) is 25.1 Å². The van der Waals surface area contributed by atoms with E-state index in [0.717, 1.165) is 31.9 Å². The number of aromatic nitrogens is 1. The van der Waals surface area contributed by atoms with E-state index < -0.39 is 0 Å². The van der Waals surface area contributed by atoms with Crippen LogP contribution in [-0.4, -0.2) is 42.2 Å². The number of methoxy groups -OCH3 is 1. The van der Waals surface area contributed by atoms with E-state index in [4.69, 9.17) is 4.74 Å². The first kappa shape index (κ1) is 17.1. The molecule has 20 heavy (non-hydrogen) atoms. The highest BCUT2D eigenvalue weighted by Crippen LogP contribution is 2.08. The Kier molecular flexibility index (Phi) is 7.73. The summed E-state index contributed by atoms with van der Waals surface area (Å²) in [6.45, 7) is 12.2. The lowest BCUT2D eigenvalue weighted by Crippen LogP contribution is -2.35. The number of rotatable bonds is 9. The van der Waals surface area contributed by atoms with Crippen molar-refractivity contribution in [1.82, 2.24) is 15.2 Å². The molecule has 1 atom stereocenters. The standard InChI is InChI=1S/C16H29N3O/c1-6-19(14(4)12-20-5)11-16-8-7-15(10-18-16)9-17-13(2)3/h7-8,10,13-14,17H,6,9,11-12H2,1-5H3. The van der Waals surface area contributed by atoms with Gasteiger partial charge in [0.25, 0.3) is 0 Å². The van der Waals surface area contributed by atoms with Crippen LogP contribution >= 0.6 is 0 Å². The molecular formula is C16H29N3O. The van der Waals surface area contributed by atoms with Gasteiger partial charge < -0.3 is 10.1 Å². The third-order valence-electron chi connectivity index (χ3n) is 3.40. The Labute approximate surface area is 123 Å². The lowest BCUT2D eigenvalue weighted by Gasteiger charge is -2.26. The van der Waals surface area contributed by atoms with Gasteiger partial charge in [0.1, 0.15) is 0 Å². The molecule has 0 spiro atoms. The Morgan fingerprint density at radius 2 is 2.05 bits per heavy atom. The second kappa shape index (κ2) is 9.06. The second-order valence-corrected chi connectivity index (χ2v) is 5.56.